The van der Waals surface area contributed by atoms with Crippen LogP contribution in [0.25, 0.3) is 0 Å². The number of hydrogen-bond donors (Lipinski definition) is 2. The van der Waals surface area contributed by atoms with Crippen molar-refractivity contribution in [1.29, 1.82) is 0 Å². The van der Waals surface area contributed by atoms with Gasteiger partial charge in [-0.3, -0.25) is 4.79 Å². The van der Waals surface area contributed by atoms with Crippen molar-refractivity contribution in [3.8, 4) is 0 Å². The molecule has 0 aliphatic rings. The Kier molecular flexibility index (Phi) is 5.81. The lowest BCUT2D eigenvalue weighted by molar-refractivity contribution is -0.121. The van der Waals surface area contributed by atoms with Crippen molar-refractivity contribution in [2.75, 3.05) is 6.54 Å². The topological polar surface area (TPSA) is 88.2 Å². The van der Waals surface area contributed by atoms with Gasteiger partial charge in [0.2, 0.25) is 11.8 Å². The van der Waals surface area contributed by atoms with Gasteiger partial charge in [0.25, 0.3) is 0 Å². The lowest BCUT2D eigenvalue weighted by atomic mass is 10.1. The van der Waals surface area contributed by atoms with Gasteiger partial charge in [0.05, 0.1) is 6.10 Å². The molecule has 0 bridgehead atoms. The van der Waals surface area contributed by atoms with E-state index in [9.17, 15) is 14.3 Å². The summed E-state index contributed by atoms with van der Waals surface area (Å²) >= 11 is 0. The summed E-state index contributed by atoms with van der Waals surface area (Å²) in [5.41, 5.74) is 0.546. The molecule has 23 heavy (non-hydrogen) atoms. The van der Waals surface area contributed by atoms with Crippen LogP contribution >= 0.6 is 0 Å². The second-order valence-corrected chi connectivity index (χ2v) is 5.57. The Balaban J connectivity index is 1.75. The Hall–Kier alpha value is -2.28. The molecule has 0 saturated carbocycles. The highest BCUT2D eigenvalue weighted by Crippen LogP contribution is 2.13. The fraction of sp³-hybridized carbons (Fsp3) is 0.438. The van der Waals surface area contributed by atoms with E-state index < -0.39 is 6.10 Å². The van der Waals surface area contributed by atoms with E-state index in [-0.39, 0.29) is 30.6 Å². The number of aromatic nitrogens is 2. The van der Waals surface area contributed by atoms with E-state index in [0.29, 0.717) is 23.7 Å². The normalized spacial score (nSPS) is 12.4. The van der Waals surface area contributed by atoms with Crippen molar-refractivity contribution in [1.82, 2.24) is 15.5 Å². The van der Waals surface area contributed by atoms with Crippen LogP contribution in [0, 0.1) is 5.82 Å². The van der Waals surface area contributed by atoms with Crippen LogP contribution in [0.5, 0.6) is 0 Å². The molecule has 1 atom stereocenters. The minimum atomic E-state index is -0.879. The van der Waals surface area contributed by atoms with Crippen LogP contribution in [0.3, 0.4) is 0 Å². The molecular weight excluding hydrogens is 301 g/mol. The summed E-state index contributed by atoms with van der Waals surface area (Å²) in [7, 11) is 0. The molecule has 0 radical (unpaired) electrons. The molecule has 2 aromatic rings. The molecular formula is C16H20FN3O3. The van der Waals surface area contributed by atoms with Gasteiger partial charge in [-0.15, -0.1) is 0 Å². The van der Waals surface area contributed by atoms with Crippen LogP contribution in [0.15, 0.2) is 28.8 Å². The van der Waals surface area contributed by atoms with Crippen molar-refractivity contribution in [2.24, 2.45) is 0 Å². The summed E-state index contributed by atoms with van der Waals surface area (Å²) in [5, 5.41) is 16.4. The van der Waals surface area contributed by atoms with Gasteiger partial charge in [0.15, 0.2) is 5.82 Å². The van der Waals surface area contributed by atoms with Crippen LogP contribution in [-0.2, 0) is 11.2 Å². The number of hydrogen-bond acceptors (Lipinski definition) is 5. The predicted octanol–water partition coefficient (Wildman–Crippen LogP) is 2.11. The number of aryl methyl sites for hydroxylation is 1. The standard InChI is InChI=1S/C16H20FN3O3/c1-10(2)16-19-15(23-20-16)8-7-14(22)18-9-13(21)11-3-5-12(17)6-4-11/h3-6,10,13,21H,7-9H2,1-2H3,(H,18,22). The molecule has 2 N–H and O–H groups in total. The van der Waals surface area contributed by atoms with Crippen LogP contribution in [0.2, 0.25) is 0 Å². The summed E-state index contributed by atoms with van der Waals surface area (Å²) in [5.74, 6) is 0.614. The number of aliphatic hydroxyl groups excluding tert-OH is 1. The van der Waals surface area contributed by atoms with Crippen molar-refractivity contribution in [3.63, 3.8) is 0 Å². The molecule has 7 heteroatoms. The molecule has 1 aromatic carbocycles. The van der Waals surface area contributed by atoms with E-state index in [1.165, 1.54) is 24.3 Å². The molecule has 1 amide bonds. The lowest BCUT2D eigenvalue weighted by Gasteiger charge is -2.12. The van der Waals surface area contributed by atoms with Crippen LogP contribution < -0.4 is 5.32 Å². The maximum Gasteiger partial charge on any atom is 0.227 e. The number of carbonyl (C=O) groups is 1. The highest BCUT2D eigenvalue weighted by Gasteiger charge is 2.13. The fourth-order valence-electron chi connectivity index (χ4n) is 1.93. The third kappa shape index (κ3) is 5.14. The molecule has 124 valence electrons. The molecule has 0 aliphatic carbocycles. The van der Waals surface area contributed by atoms with Crippen LogP contribution in [0.1, 0.15) is 49.6 Å². The molecule has 1 unspecified atom stereocenters. The van der Waals surface area contributed by atoms with E-state index in [0.717, 1.165) is 0 Å². The molecule has 0 spiro atoms. The Morgan fingerprint density at radius 2 is 2.04 bits per heavy atom. The largest absolute Gasteiger partial charge is 0.387 e. The number of nitrogens with one attached hydrogen (secondary N) is 1. The van der Waals surface area contributed by atoms with E-state index in [1.807, 2.05) is 13.8 Å². The monoisotopic (exact) mass is 321 g/mol. The van der Waals surface area contributed by atoms with Gasteiger partial charge < -0.3 is 14.9 Å². The minimum absolute atomic E-state index is 0.0611. The predicted molar refractivity (Wildman–Crippen MR) is 81.1 cm³/mol. The maximum atomic E-state index is 12.8. The number of aliphatic hydroxyl groups is 1. The van der Waals surface area contributed by atoms with E-state index in [2.05, 4.69) is 15.5 Å². The highest BCUT2D eigenvalue weighted by molar-refractivity contribution is 5.76. The zero-order chi connectivity index (χ0) is 16.8. The van der Waals surface area contributed by atoms with Crippen LogP contribution in [-0.4, -0.2) is 27.7 Å². The molecule has 1 aromatic heterocycles. The van der Waals surface area contributed by atoms with Gasteiger partial charge in [0, 0.05) is 25.3 Å². The fourth-order valence-corrected chi connectivity index (χ4v) is 1.93. The quantitative estimate of drug-likeness (QED) is 0.815. The summed E-state index contributed by atoms with van der Waals surface area (Å²) in [6.07, 6.45) is -0.343. The molecule has 0 saturated heterocycles. The van der Waals surface area contributed by atoms with E-state index in [4.69, 9.17) is 4.52 Å². The Morgan fingerprint density at radius 3 is 2.65 bits per heavy atom. The van der Waals surface area contributed by atoms with Gasteiger partial charge in [-0.2, -0.15) is 4.98 Å². The second kappa shape index (κ2) is 7.82. The average Bonchev–Trinajstić information content (AvgIpc) is 3.00. The van der Waals surface area contributed by atoms with E-state index in [1.54, 1.807) is 0 Å². The number of nitrogens with zero attached hydrogens (tertiary/aromatic N) is 2. The summed E-state index contributed by atoms with van der Waals surface area (Å²) in [4.78, 5) is 16.0. The number of benzene rings is 1. The van der Waals surface area contributed by atoms with Crippen LogP contribution in [0.4, 0.5) is 4.39 Å². The first-order valence-electron chi connectivity index (χ1n) is 7.48. The molecule has 6 nitrogen and oxygen atoms in total. The summed E-state index contributed by atoms with van der Waals surface area (Å²) in [6, 6.07) is 5.50. The Labute approximate surface area is 133 Å². The molecule has 0 aliphatic heterocycles. The molecule has 2 rings (SSSR count). The van der Waals surface area contributed by atoms with Crippen molar-refractivity contribution in [3.05, 3.63) is 47.4 Å². The summed E-state index contributed by atoms with van der Waals surface area (Å²) < 4.78 is 17.9. The number of amides is 1. The third-order valence-electron chi connectivity index (χ3n) is 3.31. The van der Waals surface area contributed by atoms with Gasteiger partial charge in [0.1, 0.15) is 5.82 Å². The average molecular weight is 321 g/mol. The van der Waals surface area contributed by atoms with Gasteiger partial charge in [-0.05, 0) is 17.7 Å². The minimum Gasteiger partial charge on any atom is -0.387 e. The number of carbonyl (C=O) groups excluding carboxylic acids is 1. The first-order valence-corrected chi connectivity index (χ1v) is 7.48. The van der Waals surface area contributed by atoms with Gasteiger partial charge in [-0.1, -0.05) is 31.1 Å². The third-order valence-corrected chi connectivity index (χ3v) is 3.31. The molecule has 0 fully saturated rings. The zero-order valence-corrected chi connectivity index (χ0v) is 13.1. The Bertz CT molecular complexity index is 640. The molecule has 1 heterocycles. The number of rotatable bonds is 7. The smallest absolute Gasteiger partial charge is 0.227 e. The van der Waals surface area contributed by atoms with Crippen molar-refractivity contribution < 1.29 is 18.8 Å². The SMILES string of the molecule is CC(C)c1noc(CCC(=O)NCC(O)c2ccc(F)cc2)n1. The second-order valence-electron chi connectivity index (χ2n) is 5.57. The Morgan fingerprint density at radius 1 is 1.35 bits per heavy atom. The van der Waals surface area contributed by atoms with Gasteiger partial charge in [-0.25, -0.2) is 4.39 Å². The first-order chi connectivity index (χ1) is 11.0. The maximum absolute atomic E-state index is 12.8. The number of halogens is 1. The highest BCUT2D eigenvalue weighted by atomic mass is 19.1. The van der Waals surface area contributed by atoms with E-state index >= 15 is 0 Å². The summed E-state index contributed by atoms with van der Waals surface area (Å²) in [6.45, 7) is 3.97. The van der Waals surface area contributed by atoms with Gasteiger partial charge >= 0.3 is 0 Å². The van der Waals surface area contributed by atoms with Crippen molar-refractivity contribution >= 4 is 5.91 Å². The lowest BCUT2D eigenvalue weighted by Crippen LogP contribution is -2.28. The van der Waals surface area contributed by atoms with Crippen molar-refractivity contribution in [2.45, 2.75) is 38.7 Å². The zero-order valence-electron chi connectivity index (χ0n) is 13.1. The first kappa shape index (κ1) is 17.1.